The molecule has 0 bridgehead atoms. The van der Waals surface area contributed by atoms with Crippen LogP contribution >= 0.6 is 11.8 Å². The van der Waals surface area contributed by atoms with E-state index in [1.165, 1.54) is 17.5 Å². The highest BCUT2D eigenvalue weighted by Gasteiger charge is 2.05. The Labute approximate surface area is 112 Å². The smallest absolute Gasteiger partial charge is 0.209 e. The molecule has 0 aliphatic rings. The van der Waals surface area contributed by atoms with Crippen molar-refractivity contribution >= 4 is 11.8 Å². The summed E-state index contributed by atoms with van der Waals surface area (Å²) in [5, 5.41) is 12.2. The number of nitrogens with zero attached hydrogens (tertiary/aromatic N) is 4. The van der Waals surface area contributed by atoms with Crippen molar-refractivity contribution in [2.45, 2.75) is 37.1 Å². The van der Waals surface area contributed by atoms with Gasteiger partial charge in [0.1, 0.15) is 0 Å². The monoisotopic (exact) mass is 262 g/mol. The Kier molecular flexibility index (Phi) is 4.36. The van der Waals surface area contributed by atoms with Gasteiger partial charge in [0.05, 0.1) is 0 Å². The van der Waals surface area contributed by atoms with Gasteiger partial charge in [-0.05, 0) is 33.9 Å². The van der Waals surface area contributed by atoms with Crippen LogP contribution in [0.2, 0.25) is 0 Å². The summed E-state index contributed by atoms with van der Waals surface area (Å²) in [6.07, 6.45) is 1.18. The highest BCUT2D eigenvalue weighted by Crippen LogP contribution is 2.22. The average Bonchev–Trinajstić information content (AvgIpc) is 2.81. The van der Waals surface area contributed by atoms with Crippen LogP contribution in [-0.4, -0.2) is 20.2 Å². The quantitative estimate of drug-likeness (QED) is 0.777. The molecule has 0 radical (unpaired) electrons. The lowest BCUT2D eigenvalue weighted by atomic mass is 9.98. The summed E-state index contributed by atoms with van der Waals surface area (Å²) in [5.74, 6) is 1.53. The molecule has 2 aromatic rings. The lowest BCUT2D eigenvalue weighted by Gasteiger charge is -2.09. The maximum Gasteiger partial charge on any atom is 0.209 e. The van der Waals surface area contributed by atoms with E-state index in [9.17, 15) is 0 Å². The van der Waals surface area contributed by atoms with Crippen LogP contribution in [0, 0.1) is 0 Å². The molecule has 1 aromatic heterocycles. The molecule has 4 nitrogen and oxygen atoms in total. The molecule has 1 atom stereocenters. The Hall–Kier alpha value is -1.36. The maximum absolute atomic E-state index is 3.95. The molecule has 0 saturated heterocycles. The maximum atomic E-state index is 3.95. The van der Waals surface area contributed by atoms with Crippen molar-refractivity contribution in [2.24, 2.45) is 7.05 Å². The molecule has 96 valence electrons. The number of rotatable bonds is 5. The van der Waals surface area contributed by atoms with Crippen molar-refractivity contribution in [3.05, 3.63) is 35.4 Å². The molecule has 0 aliphatic carbocycles. The van der Waals surface area contributed by atoms with Crippen molar-refractivity contribution in [2.75, 3.05) is 0 Å². The van der Waals surface area contributed by atoms with E-state index in [4.69, 9.17) is 0 Å². The van der Waals surface area contributed by atoms with Crippen LogP contribution in [0.1, 0.15) is 37.3 Å². The van der Waals surface area contributed by atoms with Gasteiger partial charge in [0, 0.05) is 12.8 Å². The van der Waals surface area contributed by atoms with Gasteiger partial charge in [0.15, 0.2) is 0 Å². The van der Waals surface area contributed by atoms with E-state index in [-0.39, 0.29) is 0 Å². The predicted octanol–water partition coefficient (Wildman–Crippen LogP) is 3.02. The van der Waals surface area contributed by atoms with Crippen LogP contribution < -0.4 is 0 Å². The fourth-order valence-corrected chi connectivity index (χ4v) is 2.48. The van der Waals surface area contributed by atoms with Crippen molar-refractivity contribution < 1.29 is 0 Å². The summed E-state index contributed by atoms with van der Waals surface area (Å²) in [6.45, 7) is 4.48. The second-order valence-corrected chi connectivity index (χ2v) is 5.37. The SMILES string of the molecule is CCC(C)c1ccc(CSc2nnnn2C)cc1. The van der Waals surface area contributed by atoms with Crippen LogP contribution in [0.15, 0.2) is 29.4 Å². The van der Waals surface area contributed by atoms with E-state index in [1.54, 1.807) is 16.4 Å². The summed E-state index contributed by atoms with van der Waals surface area (Å²) < 4.78 is 1.69. The van der Waals surface area contributed by atoms with Gasteiger partial charge in [-0.15, -0.1) is 5.10 Å². The molecule has 5 heteroatoms. The fraction of sp³-hybridized carbons (Fsp3) is 0.462. The van der Waals surface area contributed by atoms with Gasteiger partial charge in [-0.1, -0.05) is 49.9 Å². The lowest BCUT2D eigenvalue weighted by molar-refractivity contribution is 0.664. The van der Waals surface area contributed by atoms with Crippen molar-refractivity contribution in [3.63, 3.8) is 0 Å². The van der Waals surface area contributed by atoms with Gasteiger partial charge in [0.2, 0.25) is 5.16 Å². The van der Waals surface area contributed by atoms with E-state index >= 15 is 0 Å². The van der Waals surface area contributed by atoms with Crippen LogP contribution in [0.25, 0.3) is 0 Å². The summed E-state index contributed by atoms with van der Waals surface area (Å²) in [4.78, 5) is 0. The minimum Gasteiger partial charge on any atom is -0.224 e. The van der Waals surface area contributed by atoms with Gasteiger partial charge in [-0.2, -0.15) is 0 Å². The minimum atomic E-state index is 0.634. The molecule has 1 heterocycles. The van der Waals surface area contributed by atoms with E-state index < -0.39 is 0 Å². The molecule has 0 N–H and O–H groups in total. The molecule has 0 aliphatic heterocycles. The van der Waals surface area contributed by atoms with Crippen LogP contribution in [0.4, 0.5) is 0 Å². The first-order valence-corrected chi connectivity index (χ1v) is 7.13. The lowest BCUT2D eigenvalue weighted by Crippen LogP contribution is -1.94. The predicted molar refractivity (Wildman–Crippen MR) is 73.5 cm³/mol. The number of aromatic nitrogens is 4. The second kappa shape index (κ2) is 6.00. The van der Waals surface area contributed by atoms with Gasteiger partial charge in [-0.25, -0.2) is 4.68 Å². The third kappa shape index (κ3) is 3.10. The minimum absolute atomic E-state index is 0.634. The van der Waals surface area contributed by atoms with E-state index in [1.807, 2.05) is 7.05 Å². The first kappa shape index (κ1) is 13.1. The van der Waals surface area contributed by atoms with Crippen molar-refractivity contribution in [1.82, 2.24) is 20.2 Å². The molecular formula is C13H18N4S. The van der Waals surface area contributed by atoms with Gasteiger partial charge in [0.25, 0.3) is 0 Å². The van der Waals surface area contributed by atoms with Gasteiger partial charge in [-0.3, -0.25) is 0 Å². The van der Waals surface area contributed by atoms with Gasteiger partial charge < -0.3 is 0 Å². The first-order chi connectivity index (χ1) is 8.70. The third-order valence-corrected chi connectivity index (χ3v) is 4.19. The summed E-state index contributed by atoms with van der Waals surface area (Å²) in [7, 11) is 1.86. The molecule has 2 rings (SSSR count). The fourth-order valence-electron chi connectivity index (χ4n) is 1.67. The standard InChI is InChI=1S/C13H18N4S/c1-4-10(2)12-7-5-11(6-8-12)9-18-13-14-15-16-17(13)3/h5-8,10H,4,9H2,1-3H3. The third-order valence-electron chi connectivity index (χ3n) is 3.11. The van der Waals surface area contributed by atoms with E-state index in [2.05, 4.69) is 53.6 Å². The first-order valence-electron chi connectivity index (χ1n) is 6.14. The Morgan fingerprint density at radius 1 is 1.28 bits per heavy atom. The number of benzene rings is 1. The number of hydrogen-bond donors (Lipinski definition) is 0. The Balaban J connectivity index is 1.96. The molecular weight excluding hydrogens is 244 g/mol. The highest BCUT2D eigenvalue weighted by molar-refractivity contribution is 7.98. The zero-order chi connectivity index (χ0) is 13.0. The normalized spacial score (nSPS) is 12.6. The number of thioether (sulfide) groups is 1. The van der Waals surface area contributed by atoms with Crippen molar-refractivity contribution in [3.8, 4) is 0 Å². The summed E-state index contributed by atoms with van der Waals surface area (Å²) in [6, 6.07) is 8.83. The number of tetrazole rings is 1. The largest absolute Gasteiger partial charge is 0.224 e. The van der Waals surface area contributed by atoms with Crippen LogP contribution in [-0.2, 0) is 12.8 Å². The molecule has 0 fully saturated rings. The Morgan fingerprint density at radius 3 is 2.56 bits per heavy atom. The van der Waals surface area contributed by atoms with Crippen LogP contribution in [0.5, 0.6) is 0 Å². The van der Waals surface area contributed by atoms with Crippen LogP contribution in [0.3, 0.4) is 0 Å². The van der Waals surface area contributed by atoms with Gasteiger partial charge >= 0.3 is 0 Å². The summed E-state index contributed by atoms with van der Waals surface area (Å²) in [5.41, 5.74) is 2.71. The molecule has 18 heavy (non-hydrogen) atoms. The average molecular weight is 262 g/mol. The topological polar surface area (TPSA) is 43.6 Å². The Bertz CT molecular complexity index is 492. The Morgan fingerprint density at radius 2 is 2.00 bits per heavy atom. The molecule has 1 unspecified atom stereocenters. The zero-order valence-corrected chi connectivity index (χ0v) is 11.8. The molecule has 1 aromatic carbocycles. The number of hydrogen-bond acceptors (Lipinski definition) is 4. The van der Waals surface area contributed by atoms with E-state index in [0.29, 0.717) is 5.92 Å². The molecule has 0 amide bonds. The summed E-state index contributed by atoms with van der Waals surface area (Å²) >= 11 is 1.65. The van der Waals surface area contributed by atoms with E-state index in [0.717, 1.165) is 10.9 Å². The highest BCUT2D eigenvalue weighted by atomic mass is 32.2. The van der Waals surface area contributed by atoms with Crippen molar-refractivity contribution in [1.29, 1.82) is 0 Å². The zero-order valence-electron chi connectivity index (χ0n) is 11.0. The second-order valence-electron chi connectivity index (χ2n) is 4.42. The number of aryl methyl sites for hydroxylation is 1. The molecule has 0 spiro atoms. The molecule has 0 saturated carbocycles.